The molecule has 0 fully saturated rings. The molecular formula is C21H11IrN2-. The molecule has 1 aliphatic rings. The first kappa shape index (κ1) is 13.9. The Hall–Kier alpha value is -2.48. The van der Waals surface area contributed by atoms with Crippen LogP contribution in [-0.2, 0) is 20.1 Å². The minimum absolute atomic E-state index is 0. The number of pyridine rings is 1. The topological polar surface area (TPSA) is 17.3 Å². The molecule has 1 aliphatic carbocycles. The van der Waals surface area contributed by atoms with E-state index < -0.39 is 0 Å². The molecule has 0 saturated carbocycles. The molecule has 0 spiro atoms. The molecule has 2 heterocycles. The quantitative estimate of drug-likeness (QED) is 0.275. The number of hydrogen-bond donors (Lipinski definition) is 0. The summed E-state index contributed by atoms with van der Waals surface area (Å²) in [6.07, 6.45) is 2.13. The summed E-state index contributed by atoms with van der Waals surface area (Å²) in [4.78, 5) is 4.99. The standard InChI is InChI=1S/C21H11N2.Ir/c1-2-8-15-13(5-1)11-12-23-20-17-10-4-7-14-6-3-9-16(18(14)17)19(20)22-21(15)23;/h1-7,9-12H;/q-1;. The van der Waals surface area contributed by atoms with Crippen LogP contribution in [0, 0.1) is 6.07 Å². The fraction of sp³-hybridized carbons (Fsp3) is 0. The van der Waals surface area contributed by atoms with Crippen LogP contribution in [0.5, 0.6) is 0 Å². The van der Waals surface area contributed by atoms with Crippen molar-refractivity contribution in [2.45, 2.75) is 0 Å². The zero-order valence-corrected chi connectivity index (χ0v) is 15.0. The van der Waals surface area contributed by atoms with Crippen molar-refractivity contribution >= 4 is 27.2 Å². The number of benzene rings is 3. The van der Waals surface area contributed by atoms with Crippen molar-refractivity contribution in [3.8, 4) is 22.5 Å². The van der Waals surface area contributed by atoms with Crippen LogP contribution in [0.25, 0.3) is 49.7 Å². The normalized spacial score (nSPS) is 11.8. The Labute approximate surface area is 152 Å². The Morgan fingerprint density at radius 1 is 0.833 bits per heavy atom. The summed E-state index contributed by atoms with van der Waals surface area (Å²) in [5.74, 6) is 0. The molecule has 2 nitrogen and oxygen atoms in total. The zero-order valence-electron chi connectivity index (χ0n) is 12.6. The zero-order chi connectivity index (χ0) is 15.0. The van der Waals surface area contributed by atoms with Gasteiger partial charge in [-0.15, -0.1) is 35.0 Å². The first-order valence-corrected chi connectivity index (χ1v) is 7.76. The van der Waals surface area contributed by atoms with E-state index in [2.05, 4.69) is 65.2 Å². The average Bonchev–Trinajstić information content (AvgIpc) is 3.13. The second kappa shape index (κ2) is 4.76. The second-order valence-electron chi connectivity index (χ2n) is 6.03. The smallest absolute Gasteiger partial charge is 0.0859 e. The molecule has 3 heteroatoms. The van der Waals surface area contributed by atoms with Gasteiger partial charge in [-0.25, -0.2) is 0 Å². The third-order valence-corrected chi connectivity index (χ3v) is 4.84. The predicted molar refractivity (Wildman–Crippen MR) is 93.5 cm³/mol. The molecule has 5 aromatic rings. The minimum atomic E-state index is 0. The van der Waals surface area contributed by atoms with Gasteiger partial charge < -0.3 is 4.40 Å². The Balaban J connectivity index is 0.00000131. The average molecular weight is 484 g/mol. The van der Waals surface area contributed by atoms with E-state index in [0.29, 0.717) is 0 Å². The Kier molecular flexibility index (Phi) is 2.76. The van der Waals surface area contributed by atoms with Crippen LogP contribution in [0.1, 0.15) is 0 Å². The molecule has 0 saturated heterocycles. The maximum atomic E-state index is 4.99. The Bertz CT molecular complexity index is 1260. The molecule has 0 atom stereocenters. The first-order chi connectivity index (χ1) is 11.4. The van der Waals surface area contributed by atoms with Crippen LogP contribution in [0.3, 0.4) is 0 Å². The molecule has 115 valence electrons. The molecule has 24 heavy (non-hydrogen) atoms. The molecule has 0 N–H and O–H groups in total. The van der Waals surface area contributed by atoms with Gasteiger partial charge in [0.1, 0.15) is 0 Å². The second-order valence-corrected chi connectivity index (χ2v) is 6.03. The summed E-state index contributed by atoms with van der Waals surface area (Å²) < 4.78 is 2.21. The molecule has 0 aliphatic heterocycles. The summed E-state index contributed by atoms with van der Waals surface area (Å²) in [5, 5.41) is 4.85. The number of rotatable bonds is 0. The van der Waals surface area contributed by atoms with Crippen molar-refractivity contribution in [3.05, 3.63) is 72.9 Å². The van der Waals surface area contributed by atoms with Crippen LogP contribution < -0.4 is 0 Å². The third-order valence-electron chi connectivity index (χ3n) is 4.84. The third kappa shape index (κ3) is 1.56. The van der Waals surface area contributed by atoms with Crippen molar-refractivity contribution in [3.63, 3.8) is 0 Å². The summed E-state index contributed by atoms with van der Waals surface area (Å²) >= 11 is 0. The molecule has 3 aromatic carbocycles. The van der Waals surface area contributed by atoms with Crippen LogP contribution in [0.15, 0.2) is 66.9 Å². The first-order valence-electron chi connectivity index (χ1n) is 7.76. The van der Waals surface area contributed by atoms with Gasteiger partial charge in [0.15, 0.2) is 0 Å². The van der Waals surface area contributed by atoms with Gasteiger partial charge in [-0.1, -0.05) is 42.5 Å². The van der Waals surface area contributed by atoms with E-state index in [1.54, 1.807) is 0 Å². The number of imidazole rings is 1. The molecule has 2 aromatic heterocycles. The van der Waals surface area contributed by atoms with Gasteiger partial charge in [-0.05, 0) is 11.6 Å². The summed E-state index contributed by atoms with van der Waals surface area (Å²) in [7, 11) is 0. The molecular weight excluding hydrogens is 472 g/mol. The van der Waals surface area contributed by atoms with E-state index >= 15 is 0 Å². The van der Waals surface area contributed by atoms with Crippen LogP contribution in [0.2, 0.25) is 0 Å². The van der Waals surface area contributed by atoms with Crippen molar-refractivity contribution in [2.75, 3.05) is 0 Å². The van der Waals surface area contributed by atoms with Gasteiger partial charge in [0, 0.05) is 36.6 Å². The van der Waals surface area contributed by atoms with Crippen LogP contribution in [0.4, 0.5) is 0 Å². The molecule has 1 radical (unpaired) electrons. The van der Waals surface area contributed by atoms with Gasteiger partial charge in [0.05, 0.1) is 17.0 Å². The fourth-order valence-corrected chi connectivity index (χ4v) is 3.87. The summed E-state index contributed by atoms with van der Waals surface area (Å²) in [6, 6.07) is 24.5. The van der Waals surface area contributed by atoms with E-state index in [1.807, 2.05) is 12.1 Å². The van der Waals surface area contributed by atoms with Crippen LogP contribution in [-0.4, -0.2) is 9.38 Å². The van der Waals surface area contributed by atoms with Crippen molar-refractivity contribution < 1.29 is 20.1 Å². The van der Waals surface area contributed by atoms with Crippen LogP contribution >= 0.6 is 0 Å². The van der Waals surface area contributed by atoms with E-state index in [9.17, 15) is 0 Å². The molecule has 0 unspecified atom stereocenters. The van der Waals surface area contributed by atoms with Gasteiger partial charge in [-0.3, -0.25) is 4.98 Å². The number of fused-ring (bicyclic) bond motifs is 7. The largest absolute Gasteiger partial charge is 0.340 e. The van der Waals surface area contributed by atoms with E-state index in [0.717, 1.165) is 16.7 Å². The monoisotopic (exact) mass is 484 g/mol. The van der Waals surface area contributed by atoms with E-state index in [1.165, 1.54) is 33.0 Å². The maximum Gasteiger partial charge on any atom is 0.0859 e. The van der Waals surface area contributed by atoms with Gasteiger partial charge in [0.25, 0.3) is 0 Å². The fourth-order valence-electron chi connectivity index (χ4n) is 3.87. The van der Waals surface area contributed by atoms with Crippen molar-refractivity contribution in [1.82, 2.24) is 9.38 Å². The predicted octanol–water partition coefficient (Wildman–Crippen LogP) is 5.09. The summed E-state index contributed by atoms with van der Waals surface area (Å²) in [6.45, 7) is 0. The molecule has 6 rings (SSSR count). The van der Waals surface area contributed by atoms with E-state index in [4.69, 9.17) is 4.98 Å². The Morgan fingerprint density at radius 2 is 1.62 bits per heavy atom. The van der Waals surface area contributed by atoms with Gasteiger partial charge in [-0.2, -0.15) is 0 Å². The molecule has 0 bridgehead atoms. The molecule has 0 amide bonds. The SMILES string of the molecule is [Ir].[c-]1cccc2ccn3c4c(nc3c12)-c1cccc2cccc-4c12. The number of aromatic nitrogens is 2. The van der Waals surface area contributed by atoms with E-state index in [-0.39, 0.29) is 20.1 Å². The summed E-state index contributed by atoms with van der Waals surface area (Å²) in [5.41, 5.74) is 5.78. The van der Waals surface area contributed by atoms with Crippen molar-refractivity contribution in [1.29, 1.82) is 0 Å². The van der Waals surface area contributed by atoms with Crippen molar-refractivity contribution in [2.24, 2.45) is 0 Å². The number of nitrogens with zero attached hydrogens (tertiary/aromatic N) is 2. The minimum Gasteiger partial charge on any atom is -0.340 e. The van der Waals surface area contributed by atoms with Gasteiger partial charge in [0.2, 0.25) is 0 Å². The number of hydrogen-bond acceptors (Lipinski definition) is 1. The van der Waals surface area contributed by atoms with Gasteiger partial charge >= 0.3 is 0 Å². The Morgan fingerprint density at radius 3 is 2.50 bits per heavy atom. The maximum absolute atomic E-state index is 4.99.